The Balaban J connectivity index is 1.29. The minimum atomic E-state index is 0.0936. The van der Waals surface area contributed by atoms with Gasteiger partial charge >= 0.3 is 0 Å². The summed E-state index contributed by atoms with van der Waals surface area (Å²) < 4.78 is 11.2. The first kappa shape index (κ1) is 17.0. The predicted molar refractivity (Wildman–Crippen MR) is 92.1 cm³/mol. The third-order valence-electron chi connectivity index (χ3n) is 6.26. The summed E-state index contributed by atoms with van der Waals surface area (Å²) >= 11 is 0. The molecule has 3 saturated carbocycles. The number of rotatable bonds is 7. The fourth-order valence-electron chi connectivity index (χ4n) is 4.63. The van der Waals surface area contributed by atoms with Crippen LogP contribution in [0.4, 0.5) is 0 Å². The zero-order valence-electron chi connectivity index (χ0n) is 15.1. The highest BCUT2D eigenvalue weighted by molar-refractivity contribution is 5.76. The van der Waals surface area contributed by atoms with E-state index >= 15 is 0 Å². The lowest BCUT2D eigenvalue weighted by Crippen LogP contribution is -2.65. The van der Waals surface area contributed by atoms with Gasteiger partial charge in [0.2, 0.25) is 11.8 Å². The summed E-state index contributed by atoms with van der Waals surface area (Å²) in [6, 6.07) is 0.265. The monoisotopic (exact) mass is 347 g/mol. The third kappa shape index (κ3) is 3.46. The number of nitrogens with one attached hydrogen (secondary N) is 1. The van der Waals surface area contributed by atoms with Gasteiger partial charge in [-0.05, 0) is 39.0 Å². The number of carbonyl (C=O) groups excluding carboxylic acids is 1. The molecule has 6 heteroatoms. The second kappa shape index (κ2) is 7.06. The third-order valence-corrected chi connectivity index (χ3v) is 6.26. The molecular formula is C19H29N3O3. The SMILES string of the molecule is CCOC1CC(NC(=O)CCc2nc(C3CC3)no2)C12CCCCC2. The molecule has 3 aliphatic carbocycles. The van der Waals surface area contributed by atoms with Crippen LogP contribution in [0, 0.1) is 5.41 Å². The second-order valence-electron chi connectivity index (χ2n) is 7.91. The van der Waals surface area contributed by atoms with Crippen molar-refractivity contribution in [1.82, 2.24) is 15.5 Å². The maximum Gasteiger partial charge on any atom is 0.227 e. The van der Waals surface area contributed by atoms with Crippen molar-refractivity contribution in [3.8, 4) is 0 Å². The standard InChI is InChI=1S/C19H29N3O3/c1-2-24-15-12-14(19(15)10-4-3-5-11-19)20-16(23)8-9-17-21-18(22-25-17)13-6-7-13/h13-15H,2-12H2,1H3,(H,20,23). The van der Waals surface area contributed by atoms with Crippen LogP contribution < -0.4 is 5.32 Å². The topological polar surface area (TPSA) is 77.2 Å². The molecule has 1 amide bonds. The molecule has 0 aromatic carbocycles. The van der Waals surface area contributed by atoms with Crippen LogP contribution in [0.1, 0.15) is 82.3 Å². The summed E-state index contributed by atoms with van der Waals surface area (Å²) in [6.45, 7) is 2.82. The summed E-state index contributed by atoms with van der Waals surface area (Å²) in [5.74, 6) is 1.99. The van der Waals surface area contributed by atoms with E-state index in [0.717, 1.165) is 31.7 Å². The van der Waals surface area contributed by atoms with Crippen molar-refractivity contribution in [2.24, 2.45) is 5.41 Å². The van der Waals surface area contributed by atoms with E-state index in [9.17, 15) is 4.79 Å². The predicted octanol–water partition coefficient (Wildman–Crippen LogP) is 3.12. The fourth-order valence-corrected chi connectivity index (χ4v) is 4.63. The maximum atomic E-state index is 12.4. The molecule has 1 spiro atoms. The Bertz CT molecular complexity index is 605. The highest BCUT2D eigenvalue weighted by Crippen LogP contribution is 2.53. The van der Waals surface area contributed by atoms with Gasteiger partial charge in [-0.1, -0.05) is 24.4 Å². The largest absolute Gasteiger partial charge is 0.378 e. The van der Waals surface area contributed by atoms with Gasteiger partial charge in [0.1, 0.15) is 0 Å². The lowest BCUT2D eigenvalue weighted by atomic mass is 9.55. The van der Waals surface area contributed by atoms with Gasteiger partial charge in [0.15, 0.2) is 5.82 Å². The van der Waals surface area contributed by atoms with Crippen LogP contribution in [0.15, 0.2) is 4.52 Å². The lowest BCUT2D eigenvalue weighted by molar-refractivity contribution is -0.157. The smallest absolute Gasteiger partial charge is 0.227 e. The normalized spacial score (nSPS) is 27.9. The average molecular weight is 347 g/mol. The number of amides is 1. The summed E-state index contributed by atoms with van der Waals surface area (Å²) in [6.07, 6.45) is 10.7. The van der Waals surface area contributed by atoms with Crippen LogP contribution in [-0.4, -0.2) is 34.8 Å². The first-order chi connectivity index (χ1) is 12.2. The van der Waals surface area contributed by atoms with Crippen LogP contribution in [0.3, 0.4) is 0 Å². The Hall–Kier alpha value is -1.43. The molecule has 0 aliphatic heterocycles. The van der Waals surface area contributed by atoms with Crippen molar-refractivity contribution in [2.75, 3.05) is 6.61 Å². The molecule has 3 aliphatic rings. The number of nitrogens with zero attached hydrogens (tertiary/aromatic N) is 2. The molecule has 2 unspecified atom stereocenters. The van der Waals surface area contributed by atoms with Gasteiger partial charge in [0.25, 0.3) is 0 Å². The first-order valence-electron chi connectivity index (χ1n) is 9.95. The zero-order chi connectivity index (χ0) is 17.3. The van der Waals surface area contributed by atoms with Gasteiger partial charge in [-0.3, -0.25) is 4.79 Å². The van der Waals surface area contributed by atoms with Crippen molar-refractivity contribution in [1.29, 1.82) is 0 Å². The van der Waals surface area contributed by atoms with E-state index in [2.05, 4.69) is 22.4 Å². The van der Waals surface area contributed by atoms with Gasteiger partial charge in [-0.25, -0.2) is 0 Å². The van der Waals surface area contributed by atoms with Crippen LogP contribution >= 0.6 is 0 Å². The highest BCUT2D eigenvalue weighted by atomic mass is 16.5. The second-order valence-corrected chi connectivity index (χ2v) is 7.91. The van der Waals surface area contributed by atoms with E-state index in [1.165, 1.54) is 32.1 Å². The number of aryl methyl sites for hydroxylation is 1. The average Bonchev–Trinajstić information content (AvgIpc) is 3.38. The molecule has 0 radical (unpaired) electrons. The number of carbonyl (C=O) groups is 1. The minimum absolute atomic E-state index is 0.0936. The van der Waals surface area contributed by atoms with E-state index in [-0.39, 0.29) is 17.4 Å². The first-order valence-corrected chi connectivity index (χ1v) is 9.95. The van der Waals surface area contributed by atoms with Crippen LogP contribution in [0.5, 0.6) is 0 Å². The molecule has 2 atom stereocenters. The fraction of sp³-hybridized carbons (Fsp3) is 0.842. The summed E-state index contributed by atoms with van der Waals surface area (Å²) in [5, 5.41) is 7.28. The Morgan fingerprint density at radius 2 is 2.12 bits per heavy atom. The molecular weight excluding hydrogens is 318 g/mol. The number of aromatic nitrogens is 2. The Morgan fingerprint density at radius 3 is 2.84 bits per heavy atom. The van der Waals surface area contributed by atoms with E-state index in [1.54, 1.807) is 0 Å². The van der Waals surface area contributed by atoms with Crippen LogP contribution in [0.2, 0.25) is 0 Å². The van der Waals surface area contributed by atoms with Gasteiger partial charge in [0, 0.05) is 36.8 Å². The molecule has 1 aromatic rings. The lowest BCUT2D eigenvalue weighted by Gasteiger charge is -2.57. The molecule has 6 nitrogen and oxygen atoms in total. The molecule has 138 valence electrons. The number of ether oxygens (including phenoxy) is 1. The van der Waals surface area contributed by atoms with E-state index < -0.39 is 0 Å². The van der Waals surface area contributed by atoms with Gasteiger partial charge < -0.3 is 14.6 Å². The molecule has 1 N–H and O–H groups in total. The van der Waals surface area contributed by atoms with Crippen molar-refractivity contribution >= 4 is 5.91 Å². The van der Waals surface area contributed by atoms with E-state index in [0.29, 0.717) is 30.8 Å². The van der Waals surface area contributed by atoms with Gasteiger partial charge in [-0.2, -0.15) is 4.98 Å². The molecule has 3 fully saturated rings. The molecule has 25 heavy (non-hydrogen) atoms. The van der Waals surface area contributed by atoms with Crippen LogP contribution in [-0.2, 0) is 16.0 Å². The number of hydrogen-bond donors (Lipinski definition) is 1. The quantitative estimate of drug-likeness (QED) is 0.820. The Kier molecular flexibility index (Phi) is 4.80. The molecule has 0 saturated heterocycles. The molecule has 4 rings (SSSR count). The minimum Gasteiger partial charge on any atom is -0.378 e. The van der Waals surface area contributed by atoms with Crippen molar-refractivity contribution in [3.05, 3.63) is 11.7 Å². The molecule has 1 heterocycles. The summed E-state index contributed by atoms with van der Waals surface area (Å²) in [4.78, 5) is 16.8. The number of hydrogen-bond acceptors (Lipinski definition) is 5. The van der Waals surface area contributed by atoms with E-state index in [4.69, 9.17) is 9.26 Å². The van der Waals surface area contributed by atoms with Crippen molar-refractivity contribution in [2.45, 2.75) is 89.2 Å². The summed E-state index contributed by atoms with van der Waals surface area (Å²) in [7, 11) is 0. The highest BCUT2D eigenvalue weighted by Gasteiger charge is 2.56. The Morgan fingerprint density at radius 1 is 1.32 bits per heavy atom. The van der Waals surface area contributed by atoms with Crippen molar-refractivity contribution in [3.63, 3.8) is 0 Å². The molecule has 0 bridgehead atoms. The van der Waals surface area contributed by atoms with Crippen molar-refractivity contribution < 1.29 is 14.1 Å². The van der Waals surface area contributed by atoms with Gasteiger partial charge in [-0.15, -0.1) is 0 Å². The van der Waals surface area contributed by atoms with Crippen LogP contribution in [0.25, 0.3) is 0 Å². The summed E-state index contributed by atoms with van der Waals surface area (Å²) in [5.41, 5.74) is 0.174. The maximum absolute atomic E-state index is 12.4. The Labute approximate surface area is 149 Å². The van der Waals surface area contributed by atoms with Gasteiger partial charge in [0.05, 0.1) is 6.10 Å². The zero-order valence-corrected chi connectivity index (χ0v) is 15.1. The molecule has 1 aromatic heterocycles. The van der Waals surface area contributed by atoms with E-state index in [1.807, 2.05) is 0 Å².